The van der Waals surface area contributed by atoms with Crippen LogP contribution in [-0.4, -0.2) is 47.9 Å². The van der Waals surface area contributed by atoms with Gasteiger partial charge < -0.3 is 5.11 Å². The third-order valence-electron chi connectivity index (χ3n) is 3.87. The lowest BCUT2D eigenvalue weighted by Crippen LogP contribution is -2.45. The summed E-state index contributed by atoms with van der Waals surface area (Å²) in [6.07, 6.45) is 0.766. The molecule has 2 heterocycles. The van der Waals surface area contributed by atoms with Crippen molar-refractivity contribution < 1.29 is 13.5 Å². The Balaban J connectivity index is 1.81. The van der Waals surface area contributed by atoms with E-state index in [4.69, 9.17) is 0 Å². The number of aliphatic hydroxyl groups is 1. The van der Waals surface area contributed by atoms with Gasteiger partial charge in [-0.3, -0.25) is 0 Å². The summed E-state index contributed by atoms with van der Waals surface area (Å²) in [4.78, 5) is 0. The first-order chi connectivity index (χ1) is 9.07. The zero-order valence-corrected chi connectivity index (χ0v) is 11.5. The smallest absolute Gasteiger partial charge is 0.282 e. The first-order valence-electron chi connectivity index (χ1n) is 6.57. The minimum Gasteiger partial charge on any atom is -0.392 e. The summed E-state index contributed by atoms with van der Waals surface area (Å²) in [6.45, 7) is 1.60. The van der Waals surface area contributed by atoms with Crippen molar-refractivity contribution in [3.8, 4) is 0 Å². The maximum atomic E-state index is 12.5. The molecular weight excluding hydrogens is 264 g/mol. The quantitative estimate of drug-likeness (QED) is 0.852. The highest BCUT2D eigenvalue weighted by Gasteiger charge is 2.36. The molecule has 1 N–H and O–H groups in total. The number of rotatable bonds is 2. The zero-order chi connectivity index (χ0) is 13.5. The summed E-state index contributed by atoms with van der Waals surface area (Å²) in [5, 5.41) is 9.49. The van der Waals surface area contributed by atoms with Crippen LogP contribution in [0.5, 0.6) is 0 Å². The number of nitrogens with zero attached hydrogens (tertiary/aromatic N) is 2. The standard InChI is InChI=1S/C13H18N2O3S/c16-13-6-8-15(10-13)19(17,18)14-7-5-11-3-1-2-4-12(11)9-14/h1-4,13,16H,5-10H2/t13-/m1/s1. The molecule has 0 saturated carbocycles. The lowest BCUT2D eigenvalue weighted by Gasteiger charge is -2.31. The number of benzene rings is 1. The molecule has 1 saturated heterocycles. The Kier molecular flexibility index (Phi) is 3.34. The van der Waals surface area contributed by atoms with Gasteiger partial charge in [0.1, 0.15) is 0 Å². The van der Waals surface area contributed by atoms with Gasteiger partial charge >= 0.3 is 0 Å². The highest BCUT2D eigenvalue weighted by molar-refractivity contribution is 7.86. The molecule has 3 rings (SSSR count). The number of β-amino-alcohol motifs (C(OH)–C–C–N with tert-alkyl or cyclic N) is 1. The summed E-state index contributed by atoms with van der Waals surface area (Å²) >= 11 is 0. The van der Waals surface area contributed by atoms with Crippen LogP contribution >= 0.6 is 0 Å². The van der Waals surface area contributed by atoms with E-state index in [-0.39, 0.29) is 6.54 Å². The Hall–Kier alpha value is -0.950. The molecule has 2 aliphatic heterocycles. The first kappa shape index (κ1) is 13.1. The molecular formula is C13H18N2O3S. The summed E-state index contributed by atoms with van der Waals surface area (Å²) in [5.41, 5.74) is 2.31. The van der Waals surface area contributed by atoms with Crippen molar-refractivity contribution in [3.63, 3.8) is 0 Å². The van der Waals surface area contributed by atoms with Crippen LogP contribution in [0.4, 0.5) is 0 Å². The topological polar surface area (TPSA) is 60.9 Å². The second-order valence-corrected chi connectivity index (χ2v) is 7.09. The number of hydrogen-bond acceptors (Lipinski definition) is 3. The van der Waals surface area contributed by atoms with Gasteiger partial charge in [0.25, 0.3) is 10.2 Å². The van der Waals surface area contributed by atoms with Crippen LogP contribution in [0, 0.1) is 0 Å². The predicted octanol–water partition coefficient (Wildman–Crippen LogP) is 0.356. The van der Waals surface area contributed by atoms with E-state index in [9.17, 15) is 13.5 Å². The average Bonchev–Trinajstić information content (AvgIpc) is 2.85. The third kappa shape index (κ3) is 2.41. The molecule has 0 unspecified atom stereocenters. The second kappa shape index (κ2) is 4.86. The van der Waals surface area contributed by atoms with Crippen molar-refractivity contribution in [3.05, 3.63) is 35.4 Å². The molecule has 6 heteroatoms. The summed E-state index contributed by atoms with van der Waals surface area (Å²) in [7, 11) is -3.43. The van der Waals surface area contributed by atoms with Crippen molar-refractivity contribution in [2.24, 2.45) is 0 Å². The zero-order valence-electron chi connectivity index (χ0n) is 10.7. The van der Waals surface area contributed by atoms with Gasteiger partial charge in [0.2, 0.25) is 0 Å². The molecule has 0 aliphatic carbocycles. The van der Waals surface area contributed by atoms with Gasteiger partial charge in [-0.05, 0) is 24.0 Å². The maximum absolute atomic E-state index is 12.5. The van der Waals surface area contributed by atoms with E-state index in [2.05, 4.69) is 6.07 Å². The van der Waals surface area contributed by atoms with E-state index in [0.717, 1.165) is 12.0 Å². The number of fused-ring (bicyclic) bond motifs is 1. The monoisotopic (exact) mass is 282 g/mol. The fourth-order valence-corrected chi connectivity index (χ4v) is 4.40. The van der Waals surface area contributed by atoms with Crippen LogP contribution in [0.15, 0.2) is 24.3 Å². The van der Waals surface area contributed by atoms with E-state index in [1.807, 2.05) is 18.2 Å². The van der Waals surface area contributed by atoms with Gasteiger partial charge in [-0.1, -0.05) is 24.3 Å². The lowest BCUT2D eigenvalue weighted by atomic mass is 10.0. The van der Waals surface area contributed by atoms with Crippen LogP contribution < -0.4 is 0 Å². The number of aliphatic hydroxyl groups excluding tert-OH is 1. The first-order valence-corrected chi connectivity index (χ1v) is 7.97. The molecule has 0 bridgehead atoms. The summed E-state index contributed by atoms with van der Waals surface area (Å²) < 4.78 is 27.9. The number of hydrogen-bond donors (Lipinski definition) is 1. The fourth-order valence-electron chi connectivity index (χ4n) is 2.75. The third-order valence-corrected chi connectivity index (χ3v) is 5.82. The van der Waals surface area contributed by atoms with Crippen LogP contribution in [0.2, 0.25) is 0 Å². The van der Waals surface area contributed by atoms with Crippen molar-refractivity contribution in [2.75, 3.05) is 19.6 Å². The largest absolute Gasteiger partial charge is 0.392 e. The van der Waals surface area contributed by atoms with Gasteiger partial charge in [-0.15, -0.1) is 0 Å². The molecule has 0 amide bonds. The summed E-state index contributed by atoms with van der Waals surface area (Å²) in [6, 6.07) is 7.96. The normalized spacial score (nSPS) is 25.4. The SMILES string of the molecule is O=S(=O)(N1CCc2ccccc2C1)N1CC[C@@H](O)C1. The second-order valence-electron chi connectivity index (χ2n) is 5.16. The molecule has 1 aromatic rings. The van der Waals surface area contributed by atoms with Crippen molar-refractivity contribution >= 4 is 10.2 Å². The predicted molar refractivity (Wildman–Crippen MR) is 71.7 cm³/mol. The molecule has 1 atom stereocenters. The molecule has 0 aromatic heterocycles. The summed E-state index contributed by atoms with van der Waals surface area (Å²) in [5.74, 6) is 0. The Morgan fingerprint density at radius 2 is 1.84 bits per heavy atom. The van der Waals surface area contributed by atoms with Gasteiger partial charge in [0.05, 0.1) is 6.10 Å². The van der Waals surface area contributed by atoms with Crippen LogP contribution in [-0.2, 0) is 23.2 Å². The molecule has 19 heavy (non-hydrogen) atoms. The molecule has 1 fully saturated rings. The fraction of sp³-hybridized carbons (Fsp3) is 0.538. The van der Waals surface area contributed by atoms with Crippen LogP contribution in [0.1, 0.15) is 17.5 Å². The van der Waals surface area contributed by atoms with E-state index in [1.54, 1.807) is 0 Å². The molecule has 2 aliphatic rings. The van der Waals surface area contributed by atoms with E-state index >= 15 is 0 Å². The highest BCUT2D eigenvalue weighted by Crippen LogP contribution is 2.24. The average molecular weight is 282 g/mol. The van der Waals surface area contributed by atoms with Crippen LogP contribution in [0.3, 0.4) is 0 Å². The van der Waals surface area contributed by atoms with E-state index < -0.39 is 16.3 Å². The van der Waals surface area contributed by atoms with E-state index in [0.29, 0.717) is 26.1 Å². The maximum Gasteiger partial charge on any atom is 0.282 e. The van der Waals surface area contributed by atoms with Gasteiger partial charge in [-0.2, -0.15) is 17.0 Å². The Morgan fingerprint density at radius 3 is 2.53 bits per heavy atom. The Morgan fingerprint density at radius 1 is 1.11 bits per heavy atom. The Labute approximate surface area is 113 Å². The Bertz CT molecular complexity index is 573. The minimum absolute atomic E-state index is 0.223. The highest BCUT2D eigenvalue weighted by atomic mass is 32.2. The molecule has 1 aromatic carbocycles. The molecule has 104 valence electrons. The van der Waals surface area contributed by atoms with Crippen molar-refractivity contribution in [2.45, 2.75) is 25.5 Å². The van der Waals surface area contributed by atoms with Crippen molar-refractivity contribution in [1.82, 2.24) is 8.61 Å². The van der Waals surface area contributed by atoms with Gasteiger partial charge in [0, 0.05) is 26.2 Å². The molecule has 0 radical (unpaired) electrons. The van der Waals surface area contributed by atoms with Gasteiger partial charge in [0.15, 0.2) is 0 Å². The van der Waals surface area contributed by atoms with Crippen molar-refractivity contribution in [1.29, 1.82) is 0 Å². The van der Waals surface area contributed by atoms with Crippen LogP contribution in [0.25, 0.3) is 0 Å². The lowest BCUT2D eigenvalue weighted by molar-refractivity contribution is 0.187. The minimum atomic E-state index is -3.43. The molecule has 0 spiro atoms. The van der Waals surface area contributed by atoms with Gasteiger partial charge in [-0.25, -0.2) is 0 Å². The molecule has 5 nitrogen and oxygen atoms in total. The van der Waals surface area contributed by atoms with E-state index in [1.165, 1.54) is 14.2 Å².